The molecule has 1 atom stereocenters. The van der Waals surface area contributed by atoms with Gasteiger partial charge in [-0.15, -0.1) is 0 Å². The third-order valence-electron chi connectivity index (χ3n) is 6.22. The third-order valence-corrected chi connectivity index (χ3v) is 6.22. The number of hydrogen-bond donors (Lipinski definition) is 1. The number of aryl methyl sites for hydroxylation is 1. The number of aliphatic hydroxyl groups excluding tert-OH is 1. The predicted molar refractivity (Wildman–Crippen MR) is 115 cm³/mol. The maximum atomic E-state index is 11.1. The van der Waals surface area contributed by atoms with Crippen LogP contribution in [-0.4, -0.2) is 38.7 Å². The Morgan fingerprint density at radius 3 is 2.50 bits per heavy atom. The van der Waals surface area contributed by atoms with Crippen molar-refractivity contribution in [1.82, 2.24) is 14.5 Å². The lowest BCUT2D eigenvalue weighted by atomic mass is 9.89. The fourth-order valence-electron chi connectivity index (χ4n) is 4.45. The fourth-order valence-corrected chi connectivity index (χ4v) is 4.45. The molecule has 1 aliphatic heterocycles. The van der Waals surface area contributed by atoms with E-state index in [2.05, 4.69) is 78.9 Å². The highest BCUT2D eigenvalue weighted by atomic mass is 16.3. The van der Waals surface area contributed by atoms with Crippen LogP contribution in [0.5, 0.6) is 0 Å². The van der Waals surface area contributed by atoms with E-state index >= 15 is 0 Å². The lowest BCUT2D eigenvalue weighted by Crippen LogP contribution is -2.39. The predicted octanol–water partition coefficient (Wildman–Crippen LogP) is 4.88. The first-order valence-corrected chi connectivity index (χ1v) is 10.6. The molecule has 4 rings (SSSR count). The number of aliphatic hydroxyl groups is 1. The molecule has 4 nitrogen and oxygen atoms in total. The first kappa shape index (κ1) is 19.2. The van der Waals surface area contributed by atoms with Gasteiger partial charge in [0.25, 0.3) is 0 Å². The highest BCUT2D eigenvalue weighted by Crippen LogP contribution is 2.34. The summed E-state index contributed by atoms with van der Waals surface area (Å²) in [5, 5.41) is 13.5. The number of imidazole rings is 1. The van der Waals surface area contributed by atoms with Gasteiger partial charge in [-0.2, -0.15) is 0 Å². The van der Waals surface area contributed by atoms with Gasteiger partial charge in [-0.05, 0) is 63.4 Å². The second kappa shape index (κ2) is 8.06. The van der Waals surface area contributed by atoms with Crippen molar-refractivity contribution in [2.45, 2.75) is 52.3 Å². The Bertz CT molecular complexity index is 933. The summed E-state index contributed by atoms with van der Waals surface area (Å²) in [6.45, 7) is 9.58. The van der Waals surface area contributed by atoms with Gasteiger partial charge in [0.05, 0.1) is 5.69 Å². The number of fused-ring (bicyclic) bond motifs is 1. The Kier molecular flexibility index (Phi) is 5.51. The van der Waals surface area contributed by atoms with Gasteiger partial charge < -0.3 is 14.6 Å². The summed E-state index contributed by atoms with van der Waals surface area (Å²) in [7, 11) is 0. The molecule has 1 aliphatic rings. The van der Waals surface area contributed by atoms with Crippen LogP contribution in [0.2, 0.25) is 0 Å². The molecule has 1 N–H and O–H groups in total. The van der Waals surface area contributed by atoms with Gasteiger partial charge in [0, 0.05) is 24.3 Å². The lowest BCUT2D eigenvalue weighted by molar-refractivity contribution is 0.0476. The molecule has 148 valence electrons. The van der Waals surface area contributed by atoms with Gasteiger partial charge in [-0.3, -0.25) is 0 Å². The van der Waals surface area contributed by atoms with Gasteiger partial charge >= 0.3 is 0 Å². The van der Waals surface area contributed by atoms with E-state index in [-0.39, 0.29) is 5.92 Å². The van der Waals surface area contributed by atoms with E-state index < -0.39 is 6.10 Å². The van der Waals surface area contributed by atoms with E-state index in [1.165, 1.54) is 10.8 Å². The molecule has 3 aromatic rings. The highest BCUT2D eigenvalue weighted by molar-refractivity contribution is 5.95. The van der Waals surface area contributed by atoms with E-state index in [4.69, 9.17) is 4.98 Å². The summed E-state index contributed by atoms with van der Waals surface area (Å²) < 4.78 is 2.17. The van der Waals surface area contributed by atoms with E-state index in [1.54, 1.807) is 0 Å². The van der Waals surface area contributed by atoms with Crippen molar-refractivity contribution < 1.29 is 5.11 Å². The smallest absolute Gasteiger partial charge is 0.140 e. The summed E-state index contributed by atoms with van der Waals surface area (Å²) in [4.78, 5) is 7.43. The average molecular weight is 378 g/mol. The van der Waals surface area contributed by atoms with Gasteiger partial charge in [0.15, 0.2) is 0 Å². The number of hydrogen-bond acceptors (Lipinski definition) is 3. The first-order valence-electron chi connectivity index (χ1n) is 10.6. The Labute approximate surface area is 167 Å². The SMILES string of the molecule is CCn1cc(C(O)C2CCN(C(C)C)CC2)nc1-c1cccc2ccccc12. The number of nitrogens with zero attached hydrogens (tertiary/aromatic N) is 3. The van der Waals surface area contributed by atoms with Crippen LogP contribution in [0.1, 0.15) is 45.4 Å². The molecule has 1 aromatic heterocycles. The largest absolute Gasteiger partial charge is 0.386 e. The molecule has 0 amide bonds. The Morgan fingerprint density at radius 1 is 1.07 bits per heavy atom. The van der Waals surface area contributed by atoms with Crippen LogP contribution in [-0.2, 0) is 6.54 Å². The molecule has 0 saturated carbocycles. The van der Waals surface area contributed by atoms with Gasteiger partial charge in [-0.1, -0.05) is 42.5 Å². The summed E-state index contributed by atoms with van der Waals surface area (Å²) in [6.07, 6.45) is 3.62. The molecule has 4 heteroatoms. The average Bonchev–Trinajstić information content (AvgIpc) is 3.17. The topological polar surface area (TPSA) is 41.3 Å². The summed E-state index contributed by atoms with van der Waals surface area (Å²) in [6, 6.07) is 15.4. The second-order valence-electron chi connectivity index (χ2n) is 8.21. The molecule has 1 saturated heterocycles. The van der Waals surface area contributed by atoms with Crippen molar-refractivity contribution >= 4 is 10.8 Å². The summed E-state index contributed by atoms with van der Waals surface area (Å²) in [5.41, 5.74) is 1.95. The maximum Gasteiger partial charge on any atom is 0.140 e. The fraction of sp³-hybridized carbons (Fsp3) is 0.458. The Hall–Kier alpha value is -2.17. The molecular formula is C24H31N3O. The number of rotatable bonds is 5. The number of benzene rings is 2. The minimum atomic E-state index is -0.490. The van der Waals surface area contributed by atoms with Gasteiger partial charge in [0.2, 0.25) is 0 Å². The zero-order chi connectivity index (χ0) is 19.7. The van der Waals surface area contributed by atoms with Crippen LogP contribution in [0.25, 0.3) is 22.2 Å². The van der Waals surface area contributed by atoms with Crippen molar-refractivity contribution in [3.05, 3.63) is 54.4 Å². The van der Waals surface area contributed by atoms with Crippen LogP contribution in [0.3, 0.4) is 0 Å². The summed E-state index contributed by atoms with van der Waals surface area (Å²) in [5.74, 6) is 1.24. The zero-order valence-corrected chi connectivity index (χ0v) is 17.2. The first-order chi connectivity index (χ1) is 13.6. The van der Waals surface area contributed by atoms with Crippen LogP contribution in [0, 0.1) is 5.92 Å². The van der Waals surface area contributed by atoms with Crippen molar-refractivity contribution in [1.29, 1.82) is 0 Å². The molecule has 2 aromatic carbocycles. The monoisotopic (exact) mass is 377 g/mol. The lowest BCUT2D eigenvalue weighted by Gasteiger charge is -2.36. The van der Waals surface area contributed by atoms with Crippen LogP contribution >= 0.6 is 0 Å². The quantitative estimate of drug-likeness (QED) is 0.689. The Balaban J connectivity index is 1.63. The Morgan fingerprint density at radius 2 is 1.79 bits per heavy atom. The van der Waals surface area contributed by atoms with E-state index in [9.17, 15) is 5.11 Å². The minimum Gasteiger partial charge on any atom is -0.386 e. The van der Waals surface area contributed by atoms with Crippen molar-refractivity contribution in [2.24, 2.45) is 5.92 Å². The van der Waals surface area contributed by atoms with Gasteiger partial charge in [-0.25, -0.2) is 4.98 Å². The highest BCUT2D eigenvalue weighted by Gasteiger charge is 2.29. The molecule has 2 heterocycles. The molecular weight excluding hydrogens is 346 g/mol. The third kappa shape index (κ3) is 3.59. The second-order valence-corrected chi connectivity index (χ2v) is 8.21. The molecule has 0 spiro atoms. The summed E-state index contributed by atoms with van der Waals surface area (Å²) >= 11 is 0. The van der Waals surface area contributed by atoms with E-state index in [0.29, 0.717) is 6.04 Å². The van der Waals surface area contributed by atoms with E-state index in [0.717, 1.165) is 49.6 Å². The zero-order valence-electron chi connectivity index (χ0n) is 17.2. The minimum absolute atomic E-state index is 0.288. The molecule has 28 heavy (non-hydrogen) atoms. The number of likely N-dealkylation sites (tertiary alicyclic amines) is 1. The van der Waals surface area contributed by atoms with Crippen molar-refractivity contribution in [3.8, 4) is 11.4 Å². The molecule has 0 radical (unpaired) electrons. The molecule has 0 bridgehead atoms. The van der Waals surface area contributed by atoms with Crippen molar-refractivity contribution in [3.63, 3.8) is 0 Å². The molecule has 1 fully saturated rings. The van der Waals surface area contributed by atoms with E-state index in [1.807, 2.05) is 0 Å². The van der Waals surface area contributed by atoms with Crippen molar-refractivity contribution in [2.75, 3.05) is 13.1 Å². The van der Waals surface area contributed by atoms with Crippen LogP contribution < -0.4 is 0 Å². The number of piperidine rings is 1. The molecule has 0 aliphatic carbocycles. The van der Waals surface area contributed by atoms with Crippen LogP contribution in [0.15, 0.2) is 48.7 Å². The standard InChI is InChI=1S/C24H31N3O/c1-4-26-16-22(23(28)19-12-14-27(15-13-19)17(2)3)25-24(26)21-11-7-9-18-8-5-6-10-20(18)21/h5-11,16-17,19,23,28H,4,12-15H2,1-3H3. The van der Waals surface area contributed by atoms with Crippen LogP contribution in [0.4, 0.5) is 0 Å². The normalized spacial score (nSPS) is 17.5. The number of aromatic nitrogens is 2. The maximum absolute atomic E-state index is 11.1. The van der Waals surface area contributed by atoms with Gasteiger partial charge in [0.1, 0.15) is 11.9 Å². The molecule has 1 unspecified atom stereocenters.